The Morgan fingerprint density at radius 1 is 1.24 bits per heavy atom. The fourth-order valence-electron chi connectivity index (χ4n) is 3.05. The van der Waals surface area contributed by atoms with Gasteiger partial charge in [0, 0.05) is 19.0 Å². The van der Waals surface area contributed by atoms with Crippen LogP contribution in [-0.2, 0) is 12.8 Å². The number of likely N-dealkylation sites (tertiary alicyclic amines) is 1. The molecular weight excluding hydrogens is 320 g/mol. The van der Waals surface area contributed by atoms with Crippen molar-refractivity contribution in [1.29, 1.82) is 0 Å². The predicted octanol–water partition coefficient (Wildman–Crippen LogP) is 1.65. The van der Waals surface area contributed by atoms with E-state index in [2.05, 4.69) is 26.9 Å². The minimum Gasteiger partial charge on any atom is -0.476 e. The lowest BCUT2D eigenvalue weighted by molar-refractivity contribution is 0.230. The van der Waals surface area contributed by atoms with E-state index in [1.54, 1.807) is 0 Å². The van der Waals surface area contributed by atoms with Crippen LogP contribution in [-0.4, -0.2) is 46.3 Å². The zero-order chi connectivity index (χ0) is 17.6. The van der Waals surface area contributed by atoms with Crippen molar-refractivity contribution in [1.82, 2.24) is 20.0 Å². The quantitative estimate of drug-likeness (QED) is 0.741. The maximum absolute atomic E-state index is 6.05. The van der Waals surface area contributed by atoms with Gasteiger partial charge < -0.3 is 20.7 Å². The summed E-state index contributed by atoms with van der Waals surface area (Å²) in [6.45, 7) is 5.77. The first-order valence-corrected chi connectivity index (χ1v) is 8.87. The molecule has 0 aromatic carbocycles. The van der Waals surface area contributed by atoms with Gasteiger partial charge >= 0.3 is 0 Å². The second kappa shape index (κ2) is 8.15. The van der Waals surface area contributed by atoms with E-state index >= 15 is 0 Å². The summed E-state index contributed by atoms with van der Waals surface area (Å²) in [6.07, 6.45) is 4.84. The van der Waals surface area contributed by atoms with E-state index in [9.17, 15) is 0 Å². The van der Waals surface area contributed by atoms with Crippen molar-refractivity contribution in [2.75, 3.05) is 37.7 Å². The van der Waals surface area contributed by atoms with Gasteiger partial charge in [0.1, 0.15) is 18.2 Å². The molecule has 4 N–H and O–H groups in total. The summed E-state index contributed by atoms with van der Waals surface area (Å²) in [4.78, 5) is 10.6. The number of aromatic nitrogens is 3. The molecule has 0 spiro atoms. The normalized spacial score (nSPS) is 14.9. The minimum atomic E-state index is 0.113. The van der Waals surface area contributed by atoms with Crippen LogP contribution >= 0.6 is 0 Å². The Kier molecular flexibility index (Phi) is 5.70. The predicted molar refractivity (Wildman–Crippen MR) is 95.3 cm³/mol. The molecule has 1 fully saturated rings. The second-order valence-electron chi connectivity index (χ2n) is 6.36. The van der Waals surface area contributed by atoms with Crippen LogP contribution in [0.5, 0.6) is 5.88 Å². The fourth-order valence-corrected chi connectivity index (χ4v) is 3.05. The van der Waals surface area contributed by atoms with Crippen molar-refractivity contribution in [3.8, 4) is 5.88 Å². The lowest BCUT2D eigenvalue weighted by Crippen LogP contribution is -2.25. The molecule has 0 atom stereocenters. The van der Waals surface area contributed by atoms with Crippen molar-refractivity contribution in [3.05, 3.63) is 23.1 Å². The highest BCUT2D eigenvalue weighted by Gasteiger charge is 2.17. The van der Waals surface area contributed by atoms with E-state index < -0.39 is 0 Å². The number of hydrogen-bond donors (Lipinski definition) is 2. The molecule has 1 aliphatic heterocycles. The summed E-state index contributed by atoms with van der Waals surface area (Å²) in [5.74, 6) is 1.57. The Morgan fingerprint density at radius 3 is 2.80 bits per heavy atom. The lowest BCUT2D eigenvalue weighted by Gasteiger charge is -2.16. The maximum Gasteiger partial charge on any atom is 0.225 e. The first kappa shape index (κ1) is 17.5. The van der Waals surface area contributed by atoms with Crippen LogP contribution in [0.2, 0.25) is 0 Å². The Morgan fingerprint density at radius 2 is 2.04 bits per heavy atom. The number of nitrogens with zero attached hydrogens (tertiary/aromatic N) is 4. The molecule has 0 radical (unpaired) electrons. The van der Waals surface area contributed by atoms with Gasteiger partial charge in [0.05, 0.1) is 11.3 Å². The number of nitrogens with two attached hydrogens (primary N) is 2. The third-order valence-electron chi connectivity index (χ3n) is 4.33. The van der Waals surface area contributed by atoms with E-state index in [4.69, 9.17) is 20.7 Å². The second-order valence-corrected chi connectivity index (χ2v) is 6.36. The number of aryl methyl sites for hydroxylation is 1. The molecular formula is C17H26N6O2. The van der Waals surface area contributed by atoms with E-state index in [0.29, 0.717) is 36.0 Å². The van der Waals surface area contributed by atoms with Gasteiger partial charge in [-0.1, -0.05) is 18.5 Å². The zero-order valence-electron chi connectivity index (χ0n) is 14.7. The fraction of sp³-hybridized carbons (Fsp3) is 0.588. The van der Waals surface area contributed by atoms with Gasteiger partial charge in [0.25, 0.3) is 0 Å². The van der Waals surface area contributed by atoms with Gasteiger partial charge in [0.2, 0.25) is 11.8 Å². The summed E-state index contributed by atoms with van der Waals surface area (Å²) in [5.41, 5.74) is 13.4. The molecule has 3 rings (SSSR count). The molecule has 8 nitrogen and oxygen atoms in total. The topological polar surface area (TPSA) is 116 Å². The average molecular weight is 346 g/mol. The summed E-state index contributed by atoms with van der Waals surface area (Å²) in [6, 6.07) is 1.94. The van der Waals surface area contributed by atoms with Crippen LogP contribution in [0.15, 0.2) is 10.6 Å². The zero-order valence-corrected chi connectivity index (χ0v) is 14.7. The number of nitrogen functional groups attached to an aromatic ring is 2. The lowest BCUT2D eigenvalue weighted by atomic mass is 10.1. The molecule has 0 bridgehead atoms. The maximum atomic E-state index is 6.05. The molecule has 1 saturated heterocycles. The van der Waals surface area contributed by atoms with Gasteiger partial charge in [0.15, 0.2) is 0 Å². The Labute approximate surface area is 147 Å². The van der Waals surface area contributed by atoms with E-state index in [1.807, 2.05) is 6.07 Å². The molecule has 8 heteroatoms. The van der Waals surface area contributed by atoms with Gasteiger partial charge in [-0.05, 0) is 32.4 Å². The number of rotatable bonds is 8. The highest BCUT2D eigenvalue weighted by atomic mass is 16.5. The molecule has 3 heterocycles. The molecule has 0 unspecified atom stereocenters. The van der Waals surface area contributed by atoms with Crippen molar-refractivity contribution in [2.45, 2.75) is 39.0 Å². The van der Waals surface area contributed by atoms with Gasteiger partial charge in [-0.3, -0.25) is 4.90 Å². The van der Waals surface area contributed by atoms with Crippen LogP contribution in [0.4, 0.5) is 11.8 Å². The van der Waals surface area contributed by atoms with Crippen LogP contribution in [0.1, 0.15) is 43.2 Å². The van der Waals surface area contributed by atoms with Crippen molar-refractivity contribution >= 4 is 11.8 Å². The molecule has 25 heavy (non-hydrogen) atoms. The van der Waals surface area contributed by atoms with E-state index in [0.717, 1.165) is 38.2 Å². The summed E-state index contributed by atoms with van der Waals surface area (Å²) < 4.78 is 11.3. The smallest absolute Gasteiger partial charge is 0.225 e. The molecule has 1 aliphatic rings. The third kappa shape index (κ3) is 4.60. The number of ether oxygens (including phenoxy) is 1. The molecule has 0 saturated carbocycles. The first-order valence-electron chi connectivity index (χ1n) is 8.87. The van der Waals surface area contributed by atoms with Gasteiger partial charge in [-0.25, -0.2) is 0 Å². The molecule has 0 amide bonds. The molecule has 136 valence electrons. The highest BCUT2D eigenvalue weighted by Crippen LogP contribution is 2.25. The van der Waals surface area contributed by atoms with Crippen LogP contribution in [0.3, 0.4) is 0 Å². The van der Waals surface area contributed by atoms with E-state index in [-0.39, 0.29) is 5.95 Å². The number of hydrogen-bond acceptors (Lipinski definition) is 8. The Balaban J connectivity index is 1.69. The molecule has 0 aliphatic carbocycles. The Bertz CT molecular complexity index is 696. The SMILES string of the molecule is CCCc1cc(Cc2c(N)nc(N)nc2OCCN2CCCC2)on1. The van der Waals surface area contributed by atoms with Crippen molar-refractivity contribution in [3.63, 3.8) is 0 Å². The largest absolute Gasteiger partial charge is 0.476 e. The molecule has 2 aromatic heterocycles. The minimum absolute atomic E-state index is 0.113. The highest BCUT2D eigenvalue weighted by molar-refractivity contribution is 5.50. The van der Waals surface area contributed by atoms with Gasteiger partial charge in [-0.2, -0.15) is 9.97 Å². The monoisotopic (exact) mass is 346 g/mol. The van der Waals surface area contributed by atoms with E-state index in [1.165, 1.54) is 12.8 Å². The standard InChI is InChI=1S/C17H26N6O2/c1-2-5-12-10-13(25-22-12)11-14-15(18)20-17(19)21-16(14)24-9-8-23-6-3-4-7-23/h10H,2-9,11H2,1H3,(H4,18,19,20,21). The number of anilines is 2. The van der Waals surface area contributed by atoms with Crippen LogP contribution < -0.4 is 16.2 Å². The average Bonchev–Trinajstić information content (AvgIpc) is 3.23. The van der Waals surface area contributed by atoms with Crippen molar-refractivity contribution < 1.29 is 9.26 Å². The van der Waals surface area contributed by atoms with Crippen molar-refractivity contribution in [2.24, 2.45) is 0 Å². The van der Waals surface area contributed by atoms with Crippen LogP contribution in [0, 0.1) is 0 Å². The van der Waals surface area contributed by atoms with Crippen LogP contribution in [0.25, 0.3) is 0 Å². The third-order valence-corrected chi connectivity index (χ3v) is 4.33. The summed E-state index contributed by atoms with van der Waals surface area (Å²) in [7, 11) is 0. The molecule has 2 aromatic rings. The summed E-state index contributed by atoms with van der Waals surface area (Å²) in [5, 5.41) is 4.06. The first-order chi connectivity index (χ1) is 12.2. The summed E-state index contributed by atoms with van der Waals surface area (Å²) >= 11 is 0. The van der Waals surface area contributed by atoms with Gasteiger partial charge in [-0.15, -0.1) is 0 Å². The Hall–Kier alpha value is -2.35.